The third-order valence-electron chi connectivity index (χ3n) is 1.73. The second-order valence-electron chi connectivity index (χ2n) is 2.58. The van der Waals surface area contributed by atoms with Gasteiger partial charge in [-0.25, -0.2) is 0 Å². The van der Waals surface area contributed by atoms with Crippen molar-refractivity contribution in [3.8, 4) is 0 Å². The molecule has 0 aliphatic carbocycles. The van der Waals surface area contributed by atoms with Crippen LogP contribution < -0.4 is 5.73 Å². The molecule has 1 aliphatic heterocycles. The smallest absolute Gasteiger partial charge is 0.230 e. The van der Waals surface area contributed by atoms with Gasteiger partial charge in [0.1, 0.15) is 0 Å². The predicted octanol–water partition coefficient (Wildman–Crippen LogP) is -0.516. The average molecular weight is 156 g/mol. The molecule has 0 aromatic heterocycles. The molecule has 0 unspecified atom stereocenters. The Morgan fingerprint density at radius 3 is 2.82 bits per heavy atom. The fourth-order valence-electron chi connectivity index (χ4n) is 1.17. The van der Waals surface area contributed by atoms with E-state index in [2.05, 4.69) is 0 Å². The normalized spacial score (nSPS) is 17.5. The third-order valence-corrected chi connectivity index (χ3v) is 1.73. The Hall–Kier alpha value is -0.900. The van der Waals surface area contributed by atoms with Gasteiger partial charge in [0.25, 0.3) is 0 Å². The van der Waals surface area contributed by atoms with E-state index in [1.165, 1.54) is 4.90 Å². The summed E-state index contributed by atoms with van der Waals surface area (Å²) in [5, 5.41) is 0. The molecule has 2 amide bonds. The number of amides is 2. The first kappa shape index (κ1) is 8.20. The van der Waals surface area contributed by atoms with Gasteiger partial charge < -0.3 is 5.73 Å². The summed E-state index contributed by atoms with van der Waals surface area (Å²) in [5.41, 5.74) is 5.18. The number of carbonyl (C=O) groups excluding carboxylic acids is 2. The number of carbonyl (C=O) groups is 2. The van der Waals surface area contributed by atoms with Crippen molar-refractivity contribution < 1.29 is 9.59 Å². The molecule has 0 saturated carbocycles. The van der Waals surface area contributed by atoms with E-state index in [0.717, 1.165) is 6.42 Å². The maximum Gasteiger partial charge on any atom is 0.230 e. The van der Waals surface area contributed by atoms with E-state index in [1.807, 2.05) is 0 Å². The molecule has 0 aromatic rings. The maximum absolute atomic E-state index is 11.1. The van der Waals surface area contributed by atoms with Crippen molar-refractivity contribution in [2.24, 2.45) is 5.73 Å². The van der Waals surface area contributed by atoms with Gasteiger partial charge in [-0.15, -0.1) is 0 Å². The van der Waals surface area contributed by atoms with Crippen molar-refractivity contribution in [3.63, 3.8) is 0 Å². The Morgan fingerprint density at radius 1 is 1.64 bits per heavy atom. The molecule has 4 nitrogen and oxygen atoms in total. The molecule has 2 N–H and O–H groups in total. The average Bonchev–Trinajstić information content (AvgIpc) is 2.36. The molecule has 1 aliphatic rings. The highest BCUT2D eigenvalue weighted by molar-refractivity contribution is 5.96. The first-order chi connectivity index (χ1) is 5.25. The molecule has 0 atom stereocenters. The number of imide groups is 1. The number of hydrogen-bond donors (Lipinski definition) is 1. The van der Waals surface area contributed by atoms with Gasteiger partial charge in [-0.1, -0.05) is 0 Å². The van der Waals surface area contributed by atoms with Crippen LogP contribution in [0.4, 0.5) is 0 Å². The van der Waals surface area contributed by atoms with E-state index in [9.17, 15) is 9.59 Å². The first-order valence-electron chi connectivity index (χ1n) is 3.79. The van der Waals surface area contributed by atoms with Crippen LogP contribution in [0, 0.1) is 0 Å². The van der Waals surface area contributed by atoms with Gasteiger partial charge in [0.05, 0.1) is 0 Å². The molecule has 1 rings (SSSR count). The predicted molar refractivity (Wildman–Crippen MR) is 39.6 cm³/mol. The van der Waals surface area contributed by atoms with Crippen LogP contribution in [0.3, 0.4) is 0 Å². The highest BCUT2D eigenvalue weighted by atomic mass is 16.2. The molecule has 4 heteroatoms. The lowest BCUT2D eigenvalue weighted by molar-refractivity contribution is -0.141. The van der Waals surface area contributed by atoms with Crippen LogP contribution in [0.15, 0.2) is 0 Å². The minimum Gasteiger partial charge on any atom is -0.330 e. The molecule has 11 heavy (non-hydrogen) atoms. The maximum atomic E-state index is 11.1. The highest BCUT2D eigenvalue weighted by Crippen LogP contribution is 2.10. The van der Waals surface area contributed by atoms with Gasteiger partial charge in [0.15, 0.2) is 0 Å². The van der Waals surface area contributed by atoms with Gasteiger partial charge in [0.2, 0.25) is 11.8 Å². The molecule has 1 fully saturated rings. The molecule has 0 radical (unpaired) electrons. The zero-order chi connectivity index (χ0) is 8.27. The number of nitrogens with two attached hydrogens (primary N) is 1. The highest BCUT2D eigenvalue weighted by Gasteiger charge is 2.25. The Balaban J connectivity index is 2.46. The van der Waals surface area contributed by atoms with Crippen molar-refractivity contribution in [3.05, 3.63) is 0 Å². The second-order valence-corrected chi connectivity index (χ2v) is 2.58. The standard InChI is InChI=1S/C7H12N2O2/c8-4-3-7(11)9-5-1-2-6(9)10/h1-5,8H2. The summed E-state index contributed by atoms with van der Waals surface area (Å²) in [6.07, 6.45) is 1.59. The van der Waals surface area contributed by atoms with Crippen LogP contribution in [0.1, 0.15) is 19.3 Å². The summed E-state index contributed by atoms with van der Waals surface area (Å²) in [6.45, 7) is 0.903. The van der Waals surface area contributed by atoms with Crippen molar-refractivity contribution in [2.45, 2.75) is 19.3 Å². The Morgan fingerprint density at radius 2 is 2.36 bits per heavy atom. The van der Waals surface area contributed by atoms with Crippen LogP contribution in [-0.2, 0) is 9.59 Å². The van der Waals surface area contributed by atoms with E-state index < -0.39 is 0 Å². The molecule has 62 valence electrons. The second kappa shape index (κ2) is 3.48. The lowest BCUT2D eigenvalue weighted by Gasteiger charge is -2.11. The van der Waals surface area contributed by atoms with Crippen LogP contribution >= 0.6 is 0 Å². The fraction of sp³-hybridized carbons (Fsp3) is 0.714. The summed E-state index contributed by atoms with van der Waals surface area (Å²) in [5.74, 6) is -0.182. The van der Waals surface area contributed by atoms with Crippen LogP contribution in [0.5, 0.6) is 0 Å². The van der Waals surface area contributed by atoms with Crippen molar-refractivity contribution in [1.29, 1.82) is 0 Å². The lowest BCUT2D eigenvalue weighted by Crippen LogP contribution is -2.33. The monoisotopic (exact) mass is 156 g/mol. The number of hydrogen-bond acceptors (Lipinski definition) is 3. The molecule has 0 spiro atoms. The van der Waals surface area contributed by atoms with E-state index in [-0.39, 0.29) is 18.2 Å². The van der Waals surface area contributed by atoms with E-state index in [0.29, 0.717) is 19.5 Å². The summed E-state index contributed by atoms with van der Waals surface area (Å²) < 4.78 is 0. The molecule has 0 bridgehead atoms. The van der Waals surface area contributed by atoms with Crippen molar-refractivity contribution >= 4 is 11.8 Å². The molecular formula is C7H12N2O2. The summed E-state index contributed by atoms with van der Waals surface area (Å²) in [7, 11) is 0. The van der Waals surface area contributed by atoms with Gasteiger partial charge in [-0.05, 0) is 6.42 Å². The van der Waals surface area contributed by atoms with Crippen LogP contribution in [-0.4, -0.2) is 29.8 Å². The summed E-state index contributed by atoms with van der Waals surface area (Å²) >= 11 is 0. The SMILES string of the molecule is NCCC(=O)N1CCCC1=O. The number of nitrogens with zero attached hydrogens (tertiary/aromatic N) is 1. The fourth-order valence-corrected chi connectivity index (χ4v) is 1.17. The van der Waals surface area contributed by atoms with Gasteiger partial charge >= 0.3 is 0 Å². The van der Waals surface area contributed by atoms with Crippen LogP contribution in [0.25, 0.3) is 0 Å². The number of rotatable bonds is 2. The van der Waals surface area contributed by atoms with Gasteiger partial charge in [-0.2, -0.15) is 0 Å². The van der Waals surface area contributed by atoms with E-state index in [1.54, 1.807) is 0 Å². The van der Waals surface area contributed by atoms with Gasteiger partial charge in [0, 0.05) is 25.9 Å². The van der Waals surface area contributed by atoms with Gasteiger partial charge in [-0.3, -0.25) is 14.5 Å². The van der Waals surface area contributed by atoms with Crippen molar-refractivity contribution in [2.75, 3.05) is 13.1 Å². The molecule has 1 heterocycles. The van der Waals surface area contributed by atoms with E-state index in [4.69, 9.17) is 5.73 Å². The Labute approximate surface area is 65.3 Å². The van der Waals surface area contributed by atoms with Crippen LogP contribution in [0.2, 0.25) is 0 Å². The number of likely N-dealkylation sites (tertiary alicyclic amines) is 1. The molecular weight excluding hydrogens is 144 g/mol. The minimum atomic E-state index is -0.130. The Bertz CT molecular complexity index is 179. The summed E-state index contributed by atoms with van der Waals surface area (Å²) in [6, 6.07) is 0. The zero-order valence-electron chi connectivity index (χ0n) is 6.38. The molecule has 0 aromatic carbocycles. The third kappa shape index (κ3) is 1.77. The first-order valence-corrected chi connectivity index (χ1v) is 3.79. The quantitative estimate of drug-likeness (QED) is 0.585. The topological polar surface area (TPSA) is 63.4 Å². The lowest BCUT2D eigenvalue weighted by atomic mass is 10.4. The van der Waals surface area contributed by atoms with E-state index >= 15 is 0 Å². The Kier molecular flexibility index (Phi) is 2.59. The minimum absolute atomic E-state index is 0.0524. The van der Waals surface area contributed by atoms with Crippen molar-refractivity contribution in [1.82, 2.24) is 4.90 Å². The molecule has 1 saturated heterocycles. The summed E-state index contributed by atoms with van der Waals surface area (Å²) in [4.78, 5) is 23.3. The largest absolute Gasteiger partial charge is 0.330 e. The zero-order valence-corrected chi connectivity index (χ0v) is 6.38.